The number of hydrogen-bond donors (Lipinski definition) is 1. The van der Waals surface area contributed by atoms with Gasteiger partial charge >= 0.3 is 0 Å². The second-order valence-corrected chi connectivity index (χ2v) is 5.21. The molecule has 0 amide bonds. The Morgan fingerprint density at radius 3 is 3.00 bits per heavy atom. The van der Waals surface area contributed by atoms with Gasteiger partial charge in [-0.2, -0.15) is 5.26 Å². The molecule has 0 bridgehead atoms. The van der Waals surface area contributed by atoms with Gasteiger partial charge in [0.2, 0.25) is 6.79 Å². The highest BCUT2D eigenvalue weighted by Gasteiger charge is 2.17. The molecule has 3 rings (SSSR count). The summed E-state index contributed by atoms with van der Waals surface area (Å²) < 4.78 is 11.6. The first-order chi connectivity index (χ1) is 9.76. The molecular weight excluding hydrogens is 320 g/mol. The van der Waals surface area contributed by atoms with Crippen molar-refractivity contribution in [3.8, 4) is 17.6 Å². The molecule has 0 aromatic heterocycles. The number of halogens is 1. The van der Waals surface area contributed by atoms with Gasteiger partial charge in [0.05, 0.1) is 16.1 Å². The molecule has 2 aromatic carbocycles. The largest absolute Gasteiger partial charge is 0.454 e. The molecule has 1 heterocycles. The summed E-state index contributed by atoms with van der Waals surface area (Å²) in [7, 11) is 0. The molecule has 0 atom stereocenters. The van der Waals surface area contributed by atoms with E-state index in [2.05, 4.69) is 27.3 Å². The van der Waals surface area contributed by atoms with Crippen molar-refractivity contribution in [3.05, 3.63) is 52.0 Å². The molecular formula is C15H11BrN2O2. The first-order valence-electron chi connectivity index (χ1n) is 6.08. The van der Waals surface area contributed by atoms with Gasteiger partial charge in [0.1, 0.15) is 0 Å². The van der Waals surface area contributed by atoms with E-state index in [9.17, 15) is 0 Å². The van der Waals surface area contributed by atoms with Crippen LogP contribution in [0.3, 0.4) is 0 Å². The van der Waals surface area contributed by atoms with Crippen LogP contribution < -0.4 is 14.8 Å². The number of rotatable bonds is 3. The Balaban J connectivity index is 1.75. The highest BCUT2D eigenvalue weighted by molar-refractivity contribution is 9.10. The maximum atomic E-state index is 8.88. The zero-order valence-electron chi connectivity index (χ0n) is 10.5. The summed E-state index contributed by atoms with van der Waals surface area (Å²) in [6, 6.07) is 13.5. The van der Waals surface area contributed by atoms with Gasteiger partial charge in [0.25, 0.3) is 0 Å². The van der Waals surface area contributed by atoms with Gasteiger partial charge in [-0.3, -0.25) is 0 Å². The van der Waals surface area contributed by atoms with Crippen molar-refractivity contribution in [2.45, 2.75) is 6.54 Å². The number of benzene rings is 2. The molecule has 5 heteroatoms. The van der Waals surface area contributed by atoms with Crippen molar-refractivity contribution in [1.82, 2.24) is 0 Å². The predicted molar refractivity (Wildman–Crippen MR) is 78.7 cm³/mol. The fourth-order valence-electron chi connectivity index (χ4n) is 2.03. The van der Waals surface area contributed by atoms with Crippen LogP contribution in [0.2, 0.25) is 0 Å². The molecule has 100 valence electrons. The van der Waals surface area contributed by atoms with Crippen LogP contribution in [0.5, 0.6) is 11.5 Å². The summed E-state index contributed by atoms with van der Waals surface area (Å²) in [6.07, 6.45) is 0. The molecule has 0 spiro atoms. The van der Waals surface area contributed by atoms with Gasteiger partial charge in [0, 0.05) is 12.2 Å². The number of fused-ring (bicyclic) bond motifs is 1. The molecule has 20 heavy (non-hydrogen) atoms. The maximum Gasteiger partial charge on any atom is 0.231 e. The standard InChI is InChI=1S/C15H11BrN2O2/c16-13-5-11(6-14-15(13)20-9-19-14)8-18-12-3-1-2-10(4-12)7-17/h1-6,18H,8-9H2. The average Bonchev–Trinajstić information content (AvgIpc) is 2.94. The van der Waals surface area contributed by atoms with Crippen LogP contribution in [0.1, 0.15) is 11.1 Å². The first-order valence-corrected chi connectivity index (χ1v) is 6.87. The van der Waals surface area contributed by atoms with Crippen LogP contribution in [0.25, 0.3) is 0 Å². The second-order valence-electron chi connectivity index (χ2n) is 4.36. The Morgan fingerprint density at radius 1 is 1.25 bits per heavy atom. The third-order valence-electron chi connectivity index (χ3n) is 2.98. The molecule has 4 nitrogen and oxygen atoms in total. The molecule has 0 saturated carbocycles. The van der Waals surface area contributed by atoms with Crippen LogP contribution in [0, 0.1) is 11.3 Å². The van der Waals surface area contributed by atoms with Crippen molar-refractivity contribution in [1.29, 1.82) is 5.26 Å². The van der Waals surface area contributed by atoms with E-state index in [0.29, 0.717) is 12.1 Å². The zero-order chi connectivity index (χ0) is 13.9. The first kappa shape index (κ1) is 12.8. The van der Waals surface area contributed by atoms with E-state index in [1.807, 2.05) is 30.3 Å². The molecule has 0 radical (unpaired) electrons. The Labute approximate surface area is 125 Å². The maximum absolute atomic E-state index is 8.88. The van der Waals surface area contributed by atoms with E-state index in [1.54, 1.807) is 6.07 Å². The summed E-state index contributed by atoms with van der Waals surface area (Å²) in [4.78, 5) is 0. The monoisotopic (exact) mass is 330 g/mol. The van der Waals surface area contributed by atoms with Crippen LogP contribution in [-0.2, 0) is 6.54 Å². The lowest BCUT2D eigenvalue weighted by Crippen LogP contribution is -1.99. The molecule has 0 fully saturated rings. The highest BCUT2D eigenvalue weighted by Crippen LogP contribution is 2.40. The lowest BCUT2D eigenvalue weighted by atomic mass is 10.2. The Kier molecular flexibility index (Phi) is 3.48. The minimum absolute atomic E-state index is 0.259. The van der Waals surface area contributed by atoms with Crippen LogP contribution >= 0.6 is 15.9 Å². The number of nitriles is 1. The van der Waals surface area contributed by atoms with Crippen molar-refractivity contribution in [2.24, 2.45) is 0 Å². The minimum Gasteiger partial charge on any atom is -0.454 e. The van der Waals surface area contributed by atoms with Gasteiger partial charge < -0.3 is 14.8 Å². The lowest BCUT2D eigenvalue weighted by molar-refractivity contribution is 0.173. The minimum atomic E-state index is 0.259. The molecule has 1 aliphatic rings. The molecule has 2 aromatic rings. The van der Waals surface area contributed by atoms with Crippen LogP contribution in [-0.4, -0.2) is 6.79 Å². The van der Waals surface area contributed by atoms with Crippen molar-refractivity contribution >= 4 is 21.6 Å². The normalized spacial score (nSPS) is 12.0. The number of anilines is 1. The summed E-state index contributed by atoms with van der Waals surface area (Å²) in [6.45, 7) is 0.902. The van der Waals surface area contributed by atoms with E-state index >= 15 is 0 Å². The lowest BCUT2D eigenvalue weighted by Gasteiger charge is -2.08. The number of ether oxygens (including phenoxy) is 2. The van der Waals surface area contributed by atoms with E-state index in [4.69, 9.17) is 14.7 Å². The summed E-state index contributed by atoms with van der Waals surface area (Å²) in [5, 5.41) is 12.2. The average molecular weight is 331 g/mol. The van der Waals surface area contributed by atoms with Gasteiger partial charge in [-0.25, -0.2) is 0 Å². The SMILES string of the molecule is N#Cc1cccc(NCc2cc(Br)c3c(c2)OCO3)c1. The molecule has 1 aliphatic heterocycles. The van der Waals surface area contributed by atoms with E-state index in [-0.39, 0.29) is 6.79 Å². The number of nitrogens with one attached hydrogen (secondary N) is 1. The molecule has 0 saturated heterocycles. The summed E-state index contributed by atoms with van der Waals surface area (Å²) in [5.74, 6) is 1.50. The van der Waals surface area contributed by atoms with Gasteiger partial charge in [-0.15, -0.1) is 0 Å². The summed E-state index contributed by atoms with van der Waals surface area (Å²) >= 11 is 3.47. The Hall–Kier alpha value is -2.19. The van der Waals surface area contributed by atoms with Gasteiger partial charge in [-0.05, 0) is 51.8 Å². The van der Waals surface area contributed by atoms with E-state index < -0.39 is 0 Å². The Bertz CT molecular complexity index is 695. The van der Waals surface area contributed by atoms with Crippen LogP contribution in [0.15, 0.2) is 40.9 Å². The van der Waals surface area contributed by atoms with E-state index in [0.717, 1.165) is 27.2 Å². The van der Waals surface area contributed by atoms with Crippen molar-refractivity contribution < 1.29 is 9.47 Å². The predicted octanol–water partition coefficient (Wildman–Crippen LogP) is 3.66. The Morgan fingerprint density at radius 2 is 2.15 bits per heavy atom. The van der Waals surface area contributed by atoms with E-state index in [1.165, 1.54) is 0 Å². The molecule has 0 aliphatic carbocycles. The highest BCUT2D eigenvalue weighted by atomic mass is 79.9. The molecule has 0 unspecified atom stereocenters. The topological polar surface area (TPSA) is 54.3 Å². The number of nitrogens with zero attached hydrogens (tertiary/aromatic N) is 1. The van der Waals surface area contributed by atoms with Gasteiger partial charge in [0.15, 0.2) is 11.5 Å². The van der Waals surface area contributed by atoms with Crippen molar-refractivity contribution in [3.63, 3.8) is 0 Å². The second kappa shape index (κ2) is 5.43. The van der Waals surface area contributed by atoms with Gasteiger partial charge in [-0.1, -0.05) is 6.07 Å². The zero-order valence-corrected chi connectivity index (χ0v) is 12.1. The smallest absolute Gasteiger partial charge is 0.231 e. The van der Waals surface area contributed by atoms with Crippen molar-refractivity contribution in [2.75, 3.05) is 12.1 Å². The third kappa shape index (κ3) is 2.56. The fraction of sp³-hybridized carbons (Fsp3) is 0.133. The fourth-order valence-corrected chi connectivity index (χ4v) is 2.63. The summed E-state index contributed by atoms with van der Waals surface area (Å²) in [5.41, 5.74) is 2.63. The quantitative estimate of drug-likeness (QED) is 0.933. The molecule has 1 N–H and O–H groups in total. The van der Waals surface area contributed by atoms with Crippen LogP contribution in [0.4, 0.5) is 5.69 Å². The number of hydrogen-bond acceptors (Lipinski definition) is 4. The third-order valence-corrected chi connectivity index (χ3v) is 3.56.